The van der Waals surface area contributed by atoms with E-state index in [1.54, 1.807) is 0 Å². The fraction of sp³-hybridized carbons (Fsp3) is 0.124. The summed E-state index contributed by atoms with van der Waals surface area (Å²) in [7, 11) is 0. The lowest BCUT2D eigenvalue weighted by Crippen LogP contribution is -2.65. The predicted octanol–water partition coefficient (Wildman–Crippen LogP) is 16.0. The van der Waals surface area contributed by atoms with E-state index in [-0.39, 0.29) is 20.1 Å². The Kier molecular flexibility index (Phi) is 14.4. The lowest BCUT2D eigenvalue weighted by atomic mass is 9.27. The fourth-order valence-corrected chi connectivity index (χ4v) is 17.4. The zero-order valence-electron chi connectivity index (χ0n) is 55.5. The van der Waals surface area contributed by atoms with Gasteiger partial charge in [0.25, 0.3) is 0 Å². The van der Waals surface area contributed by atoms with Crippen molar-refractivity contribution in [3.05, 3.63) is 345 Å². The van der Waals surface area contributed by atoms with Gasteiger partial charge in [0, 0.05) is 10.8 Å². The minimum atomic E-state index is -0.986. The van der Waals surface area contributed by atoms with Gasteiger partial charge in [-0.05, 0) is 150 Å². The van der Waals surface area contributed by atoms with E-state index in [0.717, 1.165) is 61.3 Å². The average molecular weight is 1210 g/mol. The Hall–Kier alpha value is -10.3. The number of hydrogen-bond donors (Lipinski definition) is 0. The number of nitrogens with zero attached hydrogens (tertiary/aromatic N) is 1. The second kappa shape index (κ2) is 23.0. The van der Waals surface area contributed by atoms with E-state index in [2.05, 4.69) is 341 Å². The van der Waals surface area contributed by atoms with Crippen molar-refractivity contribution in [3.63, 3.8) is 0 Å². The van der Waals surface area contributed by atoms with Crippen molar-refractivity contribution in [3.8, 4) is 22.3 Å². The second-order valence-electron chi connectivity index (χ2n) is 27.1. The first-order chi connectivity index (χ1) is 45.8. The highest BCUT2D eigenvalue weighted by molar-refractivity contribution is 6.99. The molecule has 94 heavy (non-hydrogen) atoms. The molecule has 1 spiro atoms. The van der Waals surface area contributed by atoms with Crippen LogP contribution >= 0.6 is 0 Å². The van der Waals surface area contributed by atoms with Crippen molar-refractivity contribution in [2.75, 3.05) is 4.90 Å². The Morgan fingerprint density at radius 2 is 0.670 bits per heavy atom. The minimum absolute atomic E-state index is 0.0930. The molecule has 2 aliphatic rings. The molecule has 0 saturated heterocycles. The third-order valence-corrected chi connectivity index (χ3v) is 21.5. The van der Waals surface area contributed by atoms with Crippen LogP contribution in [0.5, 0.6) is 0 Å². The van der Waals surface area contributed by atoms with Gasteiger partial charge in [-0.25, -0.2) is 0 Å². The third kappa shape index (κ3) is 9.17. The smallest absolute Gasteiger partial charge is 0.242 e. The predicted molar refractivity (Wildman–Crippen MR) is 405 cm³/mol. The molecule has 3 heterocycles. The number of anilines is 3. The highest BCUT2D eigenvalue weighted by Gasteiger charge is 2.54. The van der Waals surface area contributed by atoms with E-state index >= 15 is 0 Å². The zero-order valence-corrected chi connectivity index (χ0v) is 55.5. The summed E-state index contributed by atoms with van der Waals surface area (Å²) in [4.78, 5) is 2.56. The molecule has 1 aromatic heterocycles. The minimum Gasteiger partial charge on any atom is -0.454 e. The highest BCUT2D eigenvalue weighted by Crippen LogP contribution is 2.60. The molecular weight excluding hydrogens is 1130 g/mol. The third-order valence-electron chi connectivity index (χ3n) is 21.5. The van der Waals surface area contributed by atoms with Crippen LogP contribution in [0.3, 0.4) is 0 Å². The Morgan fingerprint density at radius 1 is 0.298 bits per heavy atom. The lowest BCUT2D eigenvalue weighted by Gasteiger charge is -2.51. The summed E-state index contributed by atoms with van der Waals surface area (Å²) >= 11 is 0. The fourth-order valence-electron chi connectivity index (χ4n) is 17.4. The van der Waals surface area contributed by atoms with Crippen molar-refractivity contribution in [2.45, 2.75) is 74.7 Å². The SMILES string of the molecule is Cc1cccc(C)c1B1c2ccc(B(c3c(C)cccc3C)c3c(C)cccc3C)cc2C2(c3cc(B(c4c(C)cccc4C)c4c(C)cccc4C)ccc31)c1cc(-c3ccccc3)ccc1N(c1cccc3c1oc1ccccc13)c1ccc(-c3ccccc3)cc12. The van der Waals surface area contributed by atoms with Gasteiger partial charge in [-0.2, -0.15) is 0 Å². The largest absolute Gasteiger partial charge is 0.454 e. The van der Waals surface area contributed by atoms with Crippen molar-refractivity contribution in [1.29, 1.82) is 0 Å². The number of furan rings is 1. The Bertz CT molecular complexity index is 4910. The molecule has 14 aromatic rings. The molecule has 450 valence electrons. The molecule has 0 aliphatic carbocycles. The summed E-state index contributed by atoms with van der Waals surface area (Å²) in [5.74, 6) is 0. The standard InChI is InChI=1S/C89H74B3NO/c1-55-25-19-26-56(2)83(55)90(84-57(3)27-20-28-58(84)4)69-45-47-77-73(53-69)89(74-54-70(46-48-78(74)92(77)87-63(9)33-23-34-64(87)10)91(85-59(5)29-21-30-60(85)6)86-61(7)31-22-32-62(86)8)75-51-67(65-35-13-11-14-36-65)43-49-79(75)93(80-50-44-68(52-76(80)89)66-37-15-12-16-38-66)81-41-24-40-72-71-39-17-18-42-82(71)94-88(72)81/h11-54H,1-10H3. The van der Waals surface area contributed by atoms with Gasteiger partial charge < -0.3 is 9.32 Å². The van der Waals surface area contributed by atoms with Gasteiger partial charge in [0.1, 0.15) is 5.58 Å². The van der Waals surface area contributed by atoms with Crippen LogP contribution in [0.15, 0.2) is 271 Å². The zero-order chi connectivity index (χ0) is 64.3. The molecule has 0 saturated carbocycles. The molecule has 0 radical (unpaired) electrons. The highest BCUT2D eigenvalue weighted by atomic mass is 16.3. The molecule has 0 bridgehead atoms. The number of hydrogen-bond acceptors (Lipinski definition) is 2. The summed E-state index contributed by atoms with van der Waals surface area (Å²) in [5, 5.41) is 2.19. The summed E-state index contributed by atoms with van der Waals surface area (Å²) in [5.41, 5.74) is 38.4. The Morgan fingerprint density at radius 3 is 1.10 bits per heavy atom. The Labute approximate surface area is 555 Å². The maximum atomic E-state index is 7.18. The van der Waals surface area contributed by atoms with E-state index in [1.807, 2.05) is 0 Å². The number of benzene rings is 13. The molecule has 16 rings (SSSR count). The first-order valence-corrected chi connectivity index (χ1v) is 33.5. The van der Waals surface area contributed by atoms with E-state index in [4.69, 9.17) is 4.42 Å². The average Bonchev–Trinajstić information content (AvgIpc) is 0.671. The van der Waals surface area contributed by atoms with E-state index in [9.17, 15) is 0 Å². The molecule has 0 unspecified atom stereocenters. The van der Waals surface area contributed by atoms with Crippen LogP contribution in [0.4, 0.5) is 17.1 Å². The molecule has 0 fully saturated rings. The number of aryl methyl sites for hydroxylation is 10. The normalized spacial score (nSPS) is 12.8. The number of fused-ring (bicyclic) bond motifs is 11. The topological polar surface area (TPSA) is 16.4 Å². The van der Waals surface area contributed by atoms with Crippen LogP contribution in [-0.4, -0.2) is 20.1 Å². The molecular formula is C89H74B3NO. The molecule has 0 amide bonds. The summed E-state index contributed by atoms with van der Waals surface area (Å²) in [6.45, 7) is 22.9. The van der Waals surface area contributed by atoms with Crippen LogP contribution in [0.1, 0.15) is 77.9 Å². The molecule has 13 aromatic carbocycles. The van der Waals surface area contributed by atoms with Gasteiger partial charge in [0.15, 0.2) is 5.58 Å². The maximum absolute atomic E-state index is 7.18. The molecule has 0 N–H and O–H groups in total. The monoisotopic (exact) mass is 1210 g/mol. The van der Waals surface area contributed by atoms with Gasteiger partial charge in [-0.3, -0.25) is 0 Å². The van der Waals surface area contributed by atoms with Crippen LogP contribution in [-0.2, 0) is 5.41 Å². The number of para-hydroxylation sites is 2. The van der Waals surface area contributed by atoms with Crippen LogP contribution in [0, 0.1) is 69.2 Å². The Balaban J connectivity index is 1.14. The number of rotatable bonds is 10. The van der Waals surface area contributed by atoms with Crippen LogP contribution in [0.25, 0.3) is 44.2 Å². The molecule has 2 aliphatic heterocycles. The maximum Gasteiger partial charge on any atom is 0.242 e. The molecule has 2 nitrogen and oxygen atoms in total. The van der Waals surface area contributed by atoms with Crippen molar-refractivity contribution >= 4 is 108 Å². The first kappa shape index (κ1) is 58.7. The van der Waals surface area contributed by atoms with Gasteiger partial charge in [-0.15, -0.1) is 0 Å². The summed E-state index contributed by atoms with van der Waals surface area (Å²) in [6.07, 6.45) is 0. The summed E-state index contributed by atoms with van der Waals surface area (Å²) in [6, 6.07) is 102. The van der Waals surface area contributed by atoms with Crippen molar-refractivity contribution in [1.82, 2.24) is 0 Å². The lowest BCUT2D eigenvalue weighted by molar-refractivity contribution is 0.668. The van der Waals surface area contributed by atoms with Crippen molar-refractivity contribution < 1.29 is 4.42 Å². The first-order valence-electron chi connectivity index (χ1n) is 33.5. The van der Waals surface area contributed by atoms with Gasteiger partial charge in [0.05, 0.1) is 22.5 Å². The quantitative estimate of drug-likeness (QED) is 0.127. The van der Waals surface area contributed by atoms with E-state index in [0.29, 0.717) is 0 Å². The van der Waals surface area contributed by atoms with Crippen molar-refractivity contribution in [2.24, 2.45) is 0 Å². The summed E-state index contributed by atoms with van der Waals surface area (Å²) < 4.78 is 7.18. The van der Waals surface area contributed by atoms with Gasteiger partial charge in [-0.1, -0.05) is 335 Å². The van der Waals surface area contributed by atoms with Gasteiger partial charge >= 0.3 is 0 Å². The molecule has 5 heteroatoms. The van der Waals surface area contributed by atoms with E-state index < -0.39 is 5.41 Å². The van der Waals surface area contributed by atoms with Crippen LogP contribution in [0.2, 0.25) is 0 Å². The van der Waals surface area contributed by atoms with Crippen LogP contribution < -0.4 is 54.1 Å². The second-order valence-corrected chi connectivity index (χ2v) is 27.1. The molecule has 0 atom stereocenters. The van der Waals surface area contributed by atoms with E-state index in [1.165, 1.54) is 127 Å². The van der Waals surface area contributed by atoms with Gasteiger partial charge in [0.2, 0.25) is 20.1 Å².